The highest BCUT2D eigenvalue weighted by Crippen LogP contribution is 2.25. The van der Waals surface area contributed by atoms with Gasteiger partial charge in [-0.2, -0.15) is 0 Å². The van der Waals surface area contributed by atoms with E-state index >= 15 is 0 Å². The number of fused-ring (bicyclic) bond motifs is 2. The Morgan fingerprint density at radius 1 is 1.46 bits per heavy atom. The first-order valence-electron chi connectivity index (χ1n) is 5.51. The summed E-state index contributed by atoms with van der Waals surface area (Å²) < 4.78 is 5.66. The molecule has 1 N–H and O–H groups in total. The van der Waals surface area contributed by atoms with Gasteiger partial charge in [-0.3, -0.25) is 4.90 Å². The van der Waals surface area contributed by atoms with Crippen LogP contribution in [0, 0.1) is 0 Å². The molecule has 3 aliphatic rings. The molecule has 0 spiro atoms. The summed E-state index contributed by atoms with van der Waals surface area (Å²) in [5.74, 6) is 0. The van der Waals surface area contributed by atoms with Gasteiger partial charge < -0.3 is 10.1 Å². The zero-order valence-electron chi connectivity index (χ0n) is 8.04. The molecular weight excluding hydrogens is 164 g/mol. The van der Waals surface area contributed by atoms with E-state index in [4.69, 9.17) is 4.74 Å². The summed E-state index contributed by atoms with van der Waals surface area (Å²) in [6.45, 7) is 4.63. The first-order chi connectivity index (χ1) is 6.42. The Kier molecular flexibility index (Phi) is 2.04. The molecule has 0 saturated carbocycles. The lowest BCUT2D eigenvalue weighted by atomic mass is 10.2. The van der Waals surface area contributed by atoms with Gasteiger partial charge in [-0.1, -0.05) is 0 Å². The normalized spacial score (nSPS) is 44.8. The largest absolute Gasteiger partial charge is 0.377 e. The molecule has 3 heteroatoms. The summed E-state index contributed by atoms with van der Waals surface area (Å²) in [4.78, 5) is 2.62. The van der Waals surface area contributed by atoms with Crippen LogP contribution in [0.3, 0.4) is 0 Å². The molecule has 3 atom stereocenters. The van der Waals surface area contributed by atoms with Crippen LogP contribution in [-0.2, 0) is 4.74 Å². The van der Waals surface area contributed by atoms with E-state index in [0.29, 0.717) is 6.10 Å². The number of hydrogen-bond donors (Lipinski definition) is 1. The predicted octanol–water partition coefficient (Wildman–Crippen LogP) is 0.211. The molecule has 0 radical (unpaired) electrons. The number of rotatable bonds is 2. The first kappa shape index (κ1) is 8.21. The van der Waals surface area contributed by atoms with Crippen molar-refractivity contribution in [3.63, 3.8) is 0 Å². The molecular formula is C10H18N2O. The minimum Gasteiger partial charge on any atom is -0.377 e. The maximum atomic E-state index is 5.66. The molecule has 0 aromatic carbocycles. The molecule has 0 unspecified atom stereocenters. The van der Waals surface area contributed by atoms with E-state index in [1.807, 2.05) is 0 Å². The minimum atomic E-state index is 0.541. The highest BCUT2D eigenvalue weighted by Gasteiger charge is 2.38. The molecule has 0 amide bonds. The molecule has 3 heterocycles. The fourth-order valence-corrected chi connectivity index (χ4v) is 2.92. The van der Waals surface area contributed by atoms with E-state index in [1.165, 1.54) is 38.9 Å². The molecule has 3 nitrogen and oxygen atoms in total. The number of hydrogen-bond acceptors (Lipinski definition) is 3. The Balaban J connectivity index is 1.55. The van der Waals surface area contributed by atoms with Crippen molar-refractivity contribution in [3.05, 3.63) is 0 Å². The van der Waals surface area contributed by atoms with Gasteiger partial charge in [0.2, 0.25) is 0 Å². The standard InChI is InChI=1S/C10H18N2O/c1-2-10(13-3-1)7-12-6-8-4-9(12)5-11-8/h8-11H,1-7H2/t8-,9+,10-/m1/s1. The second kappa shape index (κ2) is 3.23. The molecule has 13 heavy (non-hydrogen) atoms. The summed E-state index contributed by atoms with van der Waals surface area (Å²) in [6.07, 6.45) is 4.46. The van der Waals surface area contributed by atoms with Crippen LogP contribution in [0.4, 0.5) is 0 Å². The zero-order chi connectivity index (χ0) is 8.67. The molecule has 2 bridgehead atoms. The molecule has 3 aliphatic heterocycles. The van der Waals surface area contributed by atoms with Crippen LogP contribution in [0.15, 0.2) is 0 Å². The quantitative estimate of drug-likeness (QED) is 0.661. The third-order valence-electron chi connectivity index (χ3n) is 3.63. The second-order valence-electron chi connectivity index (χ2n) is 4.58. The van der Waals surface area contributed by atoms with Crippen molar-refractivity contribution in [2.24, 2.45) is 0 Å². The molecule has 3 rings (SSSR count). The van der Waals surface area contributed by atoms with Crippen LogP contribution in [0.5, 0.6) is 0 Å². The molecule has 0 aromatic heterocycles. The number of nitrogens with one attached hydrogen (secondary N) is 1. The Morgan fingerprint density at radius 2 is 2.46 bits per heavy atom. The van der Waals surface area contributed by atoms with Crippen LogP contribution in [-0.4, -0.2) is 49.3 Å². The van der Waals surface area contributed by atoms with E-state index in [1.54, 1.807) is 0 Å². The van der Waals surface area contributed by atoms with Crippen LogP contribution in [0.2, 0.25) is 0 Å². The average Bonchev–Trinajstić information content (AvgIpc) is 2.77. The predicted molar refractivity (Wildman–Crippen MR) is 50.7 cm³/mol. The second-order valence-corrected chi connectivity index (χ2v) is 4.58. The summed E-state index contributed by atoms with van der Waals surface area (Å²) in [5.41, 5.74) is 0. The Hall–Kier alpha value is -0.120. The molecule has 3 saturated heterocycles. The smallest absolute Gasteiger partial charge is 0.0702 e. The fourth-order valence-electron chi connectivity index (χ4n) is 2.92. The topological polar surface area (TPSA) is 24.5 Å². The van der Waals surface area contributed by atoms with E-state index < -0.39 is 0 Å². The SMILES string of the molecule is C1CO[C@@H](CN2C[C@H]3C[C@H]2CN3)C1. The molecule has 3 fully saturated rings. The monoisotopic (exact) mass is 182 g/mol. The van der Waals surface area contributed by atoms with Crippen molar-refractivity contribution in [2.45, 2.75) is 37.5 Å². The third kappa shape index (κ3) is 1.49. The van der Waals surface area contributed by atoms with Gasteiger partial charge in [-0.05, 0) is 19.3 Å². The Morgan fingerprint density at radius 3 is 3.08 bits per heavy atom. The number of nitrogens with zero attached hydrogens (tertiary/aromatic N) is 1. The Labute approximate surface area is 79.4 Å². The van der Waals surface area contributed by atoms with Gasteiger partial charge in [0, 0.05) is 38.3 Å². The van der Waals surface area contributed by atoms with Crippen LogP contribution in [0.25, 0.3) is 0 Å². The van der Waals surface area contributed by atoms with Crippen molar-refractivity contribution in [1.29, 1.82) is 0 Å². The zero-order valence-corrected chi connectivity index (χ0v) is 8.04. The van der Waals surface area contributed by atoms with Crippen molar-refractivity contribution in [2.75, 3.05) is 26.2 Å². The molecule has 0 aliphatic carbocycles. The maximum absolute atomic E-state index is 5.66. The number of likely N-dealkylation sites (tertiary alicyclic amines) is 1. The van der Waals surface area contributed by atoms with E-state index in [-0.39, 0.29) is 0 Å². The van der Waals surface area contributed by atoms with Crippen molar-refractivity contribution in [3.8, 4) is 0 Å². The summed E-state index contributed by atoms with van der Waals surface area (Å²) in [7, 11) is 0. The summed E-state index contributed by atoms with van der Waals surface area (Å²) in [5, 5.41) is 3.53. The summed E-state index contributed by atoms with van der Waals surface area (Å²) >= 11 is 0. The fraction of sp³-hybridized carbons (Fsp3) is 1.00. The number of ether oxygens (including phenoxy) is 1. The minimum absolute atomic E-state index is 0.541. The van der Waals surface area contributed by atoms with Crippen LogP contribution in [0.1, 0.15) is 19.3 Å². The highest BCUT2D eigenvalue weighted by atomic mass is 16.5. The van der Waals surface area contributed by atoms with Gasteiger partial charge in [0.1, 0.15) is 0 Å². The molecule has 74 valence electrons. The highest BCUT2D eigenvalue weighted by molar-refractivity contribution is 4.98. The third-order valence-corrected chi connectivity index (χ3v) is 3.63. The molecule has 0 aromatic rings. The van der Waals surface area contributed by atoms with Crippen molar-refractivity contribution in [1.82, 2.24) is 10.2 Å². The average molecular weight is 182 g/mol. The van der Waals surface area contributed by atoms with Crippen molar-refractivity contribution >= 4 is 0 Å². The van der Waals surface area contributed by atoms with Gasteiger partial charge in [-0.15, -0.1) is 0 Å². The van der Waals surface area contributed by atoms with E-state index in [0.717, 1.165) is 18.7 Å². The van der Waals surface area contributed by atoms with Crippen LogP contribution < -0.4 is 5.32 Å². The van der Waals surface area contributed by atoms with E-state index in [9.17, 15) is 0 Å². The maximum Gasteiger partial charge on any atom is 0.0702 e. The first-order valence-corrected chi connectivity index (χ1v) is 5.51. The lowest BCUT2D eigenvalue weighted by molar-refractivity contribution is 0.0649. The van der Waals surface area contributed by atoms with Crippen LogP contribution >= 0.6 is 0 Å². The lowest BCUT2D eigenvalue weighted by Crippen LogP contribution is -2.46. The van der Waals surface area contributed by atoms with Gasteiger partial charge in [0.05, 0.1) is 6.10 Å². The van der Waals surface area contributed by atoms with Gasteiger partial charge in [-0.25, -0.2) is 0 Å². The summed E-state index contributed by atoms with van der Waals surface area (Å²) in [6, 6.07) is 1.60. The van der Waals surface area contributed by atoms with Gasteiger partial charge in [0.25, 0.3) is 0 Å². The van der Waals surface area contributed by atoms with Gasteiger partial charge in [0.15, 0.2) is 0 Å². The number of piperazine rings is 1. The Bertz CT molecular complexity index is 191. The lowest BCUT2D eigenvalue weighted by Gasteiger charge is -2.29. The van der Waals surface area contributed by atoms with Gasteiger partial charge >= 0.3 is 0 Å². The van der Waals surface area contributed by atoms with Crippen molar-refractivity contribution < 1.29 is 4.74 Å². The van der Waals surface area contributed by atoms with E-state index in [2.05, 4.69) is 10.2 Å².